The maximum absolute atomic E-state index is 13.1. The molecule has 2 N–H and O–H groups in total. The number of aryl methyl sites for hydroxylation is 2. The highest BCUT2D eigenvalue weighted by molar-refractivity contribution is 5.92. The van der Waals surface area contributed by atoms with Crippen LogP contribution in [0.15, 0.2) is 47.3 Å². The van der Waals surface area contributed by atoms with Gasteiger partial charge in [-0.15, -0.1) is 10.2 Å². The molecule has 0 radical (unpaired) electrons. The molecule has 9 nitrogen and oxygen atoms in total. The highest BCUT2D eigenvalue weighted by atomic mass is 16.4. The first kappa shape index (κ1) is 26.9. The van der Waals surface area contributed by atoms with E-state index in [0.717, 1.165) is 59.3 Å². The second-order valence-electron chi connectivity index (χ2n) is 12.4. The maximum Gasteiger partial charge on any atom is 0.309 e. The lowest BCUT2D eigenvalue weighted by Crippen LogP contribution is -2.29. The summed E-state index contributed by atoms with van der Waals surface area (Å²) in [6.07, 6.45) is 10.0. The van der Waals surface area contributed by atoms with E-state index in [1.807, 2.05) is 33.0 Å². The number of carbonyl (C=O) groups is 1. The van der Waals surface area contributed by atoms with Crippen molar-refractivity contribution >= 4 is 17.1 Å². The predicted octanol–water partition coefficient (Wildman–Crippen LogP) is 6.86. The second-order valence-corrected chi connectivity index (χ2v) is 12.4. The molecule has 4 heterocycles. The number of aromatic nitrogens is 6. The van der Waals surface area contributed by atoms with Gasteiger partial charge in [-0.2, -0.15) is 0 Å². The van der Waals surface area contributed by atoms with Crippen molar-refractivity contribution in [1.82, 2.24) is 35.0 Å². The first-order valence-corrected chi connectivity index (χ1v) is 14.4. The van der Waals surface area contributed by atoms with Gasteiger partial charge in [0.1, 0.15) is 5.82 Å². The SMILES string of the molecule is Cc1cn(C(C)C)cc1-c1nc2nccc(-c3ccc4c(c3)CCCCC4NC(=O)c3nnc(C(C)(C)C)o3)c2[nH]1. The first-order chi connectivity index (χ1) is 19.6. The fraction of sp³-hybridized carbons (Fsp3) is 0.406. The molecule has 0 saturated carbocycles. The molecule has 1 aliphatic carbocycles. The molecule has 1 aliphatic rings. The van der Waals surface area contributed by atoms with E-state index in [9.17, 15) is 4.79 Å². The Bertz CT molecular complexity index is 1730. The Labute approximate surface area is 239 Å². The molecule has 1 atom stereocenters. The van der Waals surface area contributed by atoms with Crippen molar-refractivity contribution in [2.24, 2.45) is 0 Å². The van der Waals surface area contributed by atoms with Crippen LogP contribution in [-0.4, -0.2) is 35.6 Å². The van der Waals surface area contributed by atoms with Gasteiger partial charge in [0.25, 0.3) is 0 Å². The summed E-state index contributed by atoms with van der Waals surface area (Å²) in [6, 6.07) is 8.82. The molecule has 212 valence electrons. The lowest BCUT2D eigenvalue weighted by Gasteiger charge is -2.19. The molecule has 1 amide bonds. The number of imidazole rings is 1. The van der Waals surface area contributed by atoms with Crippen molar-refractivity contribution in [3.63, 3.8) is 0 Å². The molecule has 41 heavy (non-hydrogen) atoms. The normalized spacial score (nSPS) is 15.7. The van der Waals surface area contributed by atoms with Crippen LogP contribution in [0.3, 0.4) is 0 Å². The first-order valence-electron chi connectivity index (χ1n) is 14.4. The van der Waals surface area contributed by atoms with E-state index in [2.05, 4.69) is 81.4 Å². The number of hydrogen-bond acceptors (Lipinski definition) is 6. The van der Waals surface area contributed by atoms with Crippen LogP contribution in [0.5, 0.6) is 0 Å². The zero-order valence-electron chi connectivity index (χ0n) is 24.6. The minimum Gasteiger partial charge on any atom is -0.416 e. The van der Waals surface area contributed by atoms with Gasteiger partial charge >= 0.3 is 11.8 Å². The van der Waals surface area contributed by atoms with Crippen LogP contribution in [0.25, 0.3) is 33.7 Å². The molecule has 0 aliphatic heterocycles. The number of pyridine rings is 1. The van der Waals surface area contributed by atoms with Crippen molar-refractivity contribution in [2.75, 3.05) is 0 Å². The van der Waals surface area contributed by atoms with Crippen LogP contribution in [-0.2, 0) is 11.8 Å². The lowest BCUT2D eigenvalue weighted by molar-refractivity contribution is 0.0896. The largest absolute Gasteiger partial charge is 0.416 e. The Hall–Kier alpha value is -4.27. The summed E-state index contributed by atoms with van der Waals surface area (Å²) in [4.78, 5) is 26.0. The fourth-order valence-electron chi connectivity index (χ4n) is 5.54. The average molecular weight is 552 g/mol. The summed E-state index contributed by atoms with van der Waals surface area (Å²) in [5, 5.41) is 11.2. The highest BCUT2D eigenvalue weighted by Gasteiger charge is 2.27. The summed E-state index contributed by atoms with van der Waals surface area (Å²) in [5.41, 5.74) is 8.09. The molecule has 6 rings (SSSR count). The number of nitrogens with one attached hydrogen (secondary N) is 2. The minimum absolute atomic E-state index is 0.00513. The van der Waals surface area contributed by atoms with Crippen LogP contribution in [0.1, 0.15) is 99.2 Å². The molecular formula is C32H37N7O2. The van der Waals surface area contributed by atoms with Crippen LogP contribution in [0, 0.1) is 6.92 Å². The monoisotopic (exact) mass is 551 g/mol. The average Bonchev–Trinajstić information content (AvgIpc) is 3.65. The third-order valence-corrected chi connectivity index (χ3v) is 7.87. The fourth-order valence-corrected chi connectivity index (χ4v) is 5.54. The number of benzene rings is 1. The number of hydrogen-bond donors (Lipinski definition) is 2. The van der Waals surface area contributed by atoms with Crippen molar-refractivity contribution < 1.29 is 9.21 Å². The third-order valence-electron chi connectivity index (χ3n) is 7.87. The third kappa shape index (κ3) is 5.16. The predicted molar refractivity (Wildman–Crippen MR) is 159 cm³/mol. The van der Waals surface area contributed by atoms with Crippen molar-refractivity contribution in [2.45, 2.75) is 84.7 Å². The van der Waals surface area contributed by atoms with Gasteiger partial charge in [0.15, 0.2) is 5.65 Å². The smallest absolute Gasteiger partial charge is 0.309 e. The van der Waals surface area contributed by atoms with Gasteiger partial charge in [0, 0.05) is 41.2 Å². The Morgan fingerprint density at radius 3 is 2.68 bits per heavy atom. The van der Waals surface area contributed by atoms with Crippen molar-refractivity contribution in [1.29, 1.82) is 0 Å². The van der Waals surface area contributed by atoms with Gasteiger partial charge in [-0.25, -0.2) is 9.97 Å². The van der Waals surface area contributed by atoms with Gasteiger partial charge in [-0.05, 0) is 68.4 Å². The maximum atomic E-state index is 13.1. The summed E-state index contributed by atoms with van der Waals surface area (Å²) in [6.45, 7) is 12.4. The number of amides is 1. The number of aromatic amines is 1. The minimum atomic E-state index is -0.336. The van der Waals surface area contributed by atoms with E-state index in [1.165, 1.54) is 11.1 Å². The number of rotatable bonds is 5. The van der Waals surface area contributed by atoms with E-state index < -0.39 is 0 Å². The Morgan fingerprint density at radius 2 is 1.95 bits per heavy atom. The molecule has 4 aromatic heterocycles. The van der Waals surface area contributed by atoms with E-state index in [1.54, 1.807) is 0 Å². The van der Waals surface area contributed by atoms with Crippen LogP contribution >= 0.6 is 0 Å². The highest BCUT2D eigenvalue weighted by Crippen LogP contribution is 2.35. The number of carbonyl (C=O) groups excluding carboxylic acids is 1. The van der Waals surface area contributed by atoms with Gasteiger partial charge in [-0.1, -0.05) is 45.4 Å². The van der Waals surface area contributed by atoms with Crippen LogP contribution in [0.2, 0.25) is 0 Å². The van der Waals surface area contributed by atoms with Crippen molar-refractivity contribution in [3.8, 4) is 22.5 Å². The number of H-pyrrole nitrogens is 1. The Kier molecular flexibility index (Phi) is 6.76. The van der Waals surface area contributed by atoms with E-state index >= 15 is 0 Å². The zero-order valence-corrected chi connectivity index (χ0v) is 24.6. The summed E-state index contributed by atoms with van der Waals surface area (Å²) >= 11 is 0. The van der Waals surface area contributed by atoms with Crippen LogP contribution < -0.4 is 5.32 Å². The molecule has 0 saturated heterocycles. The van der Waals surface area contributed by atoms with Gasteiger partial charge in [-0.3, -0.25) is 4.79 Å². The molecule has 5 aromatic rings. The second kappa shape index (κ2) is 10.3. The standard InChI is InChI=1S/C32H37N7O2/c1-18(2)39-16-19(3)24(17-39)27-35-26-23(13-14-33-28(26)36-27)21-11-12-22-20(15-21)9-7-8-10-25(22)34-29(40)30-37-38-31(41-30)32(4,5)6/h11-18,25H,7-10H2,1-6H3,(H,34,40)(H,33,35,36). The lowest BCUT2D eigenvalue weighted by atomic mass is 9.94. The van der Waals surface area contributed by atoms with Crippen molar-refractivity contribution in [3.05, 3.63) is 71.3 Å². The molecule has 9 heteroatoms. The van der Waals surface area contributed by atoms with Gasteiger partial charge in [0.2, 0.25) is 5.89 Å². The van der Waals surface area contributed by atoms with Gasteiger partial charge < -0.3 is 19.3 Å². The quantitative estimate of drug-likeness (QED) is 0.231. The summed E-state index contributed by atoms with van der Waals surface area (Å²) in [7, 11) is 0. The molecule has 0 bridgehead atoms. The summed E-state index contributed by atoms with van der Waals surface area (Å²) in [5.74, 6) is 0.944. The molecular weight excluding hydrogens is 514 g/mol. The summed E-state index contributed by atoms with van der Waals surface area (Å²) < 4.78 is 7.90. The molecule has 0 fully saturated rings. The van der Waals surface area contributed by atoms with E-state index in [4.69, 9.17) is 9.40 Å². The number of fused-ring (bicyclic) bond motifs is 2. The molecule has 0 spiro atoms. The van der Waals surface area contributed by atoms with E-state index in [-0.39, 0.29) is 23.3 Å². The number of nitrogens with zero attached hydrogens (tertiary/aromatic N) is 5. The Morgan fingerprint density at radius 1 is 1.12 bits per heavy atom. The van der Waals surface area contributed by atoms with Crippen LogP contribution in [0.4, 0.5) is 0 Å². The van der Waals surface area contributed by atoms with E-state index in [0.29, 0.717) is 17.6 Å². The zero-order chi connectivity index (χ0) is 28.9. The molecule has 1 aromatic carbocycles. The Balaban J connectivity index is 1.31. The van der Waals surface area contributed by atoms with Gasteiger partial charge in [0.05, 0.1) is 11.6 Å². The topological polar surface area (TPSA) is 115 Å². The molecule has 1 unspecified atom stereocenters.